The zero-order valence-electron chi connectivity index (χ0n) is 9.54. The van der Waals surface area contributed by atoms with Crippen LogP contribution in [-0.2, 0) is 14.3 Å². The van der Waals surface area contributed by atoms with Crippen LogP contribution in [0.4, 0.5) is 4.79 Å². The molecule has 3 heterocycles. The number of likely N-dealkylation sites (tertiary alicyclic amines) is 1. The third-order valence-corrected chi connectivity index (χ3v) is 4.28. The van der Waals surface area contributed by atoms with E-state index >= 15 is 0 Å². The largest absolute Gasteiger partial charge is 0.467 e. The van der Waals surface area contributed by atoms with Gasteiger partial charge < -0.3 is 14.6 Å². The molecule has 0 aliphatic carbocycles. The molecule has 6 nitrogen and oxygen atoms in total. The maximum atomic E-state index is 11.8. The number of esters is 1. The average molecular weight is 241 g/mol. The molecule has 0 aromatic carbocycles. The molecule has 94 valence electrons. The molecule has 0 spiro atoms. The Morgan fingerprint density at radius 1 is 1.35 bits per heavy atom. The number of methoxy groups -OCH3 is 1. The van der Waals surface area contributed by atoms with E-state index in [1.165, 1.54) is 12.0 Å². The van der Waals surface area contributed by atoms with E-state index in [9.17, 15) is 9.59 Å². The molecule has 6 heteroatoms. The van der Waals surface area contributed by atoms with Gasteiger partial charge in [0.2, 0.25) is 0 Å². The number of nitrogens with zero attached hydrogens (tertiary/aromatic N) is 1. The van der Waals surface area contributed by atoms with Gasteiger partial charge in [0, 0.05) is 18.4 Å². The third kappa shape index (κ3) is 1.36. The van der Waals surface area contributed by atoms with Crippen LogP contribution < -0.4 is 0 Å². The van der Waals surface area contributed by atoms with E-state index in [4.69, 9.17) is 14.6 Å². The lowest BCUT2D eigenvalue weighted by atomic mass is 9.78. The number of ether oxygens (including phenoxy) is 2. The summed E-state index contributed by atoms with van der Waals surface area (Å²) in [4.78, 5) is 24.2. The van der Waals surface area contributed by atoms with Gasteiger partial charge in [-0.2, -0.15) is 0 Å². The normalized spacial score (nSPS) is 42.6. The fraction of sp³-hybridized carbons (Fsp3) is 0.818. The fourth-order valence-corrected chi connectivity index (χ4v) is 3.64. The standard InChI is InChI=1S/C11H15NO5/c1-16-10(13)9-8-5(4-12(9)11(14)15)6-2-3-7(8)17-6/h5-9H,2-4H2,1H3,(H,14,15)/t5-,6+,7-,8-,9+/m1/s1. The van der Waals surface area contributed by atoms with Crippen LogP contribution in [0, 0.1) is 11.8 Å². The Hall–Kier alpha value is -1.30. The molecule has 3 aliphatic rings. The van der Waals surface area contributed by atoms with Gasteiger partial charge >= 0.3 is 12.1 Å². The van der Waals surface area contributed by atoms with Gasteiger partial charge in [0.1, 0.15) is 6.04 Å². The van der Waals surface area contributed by atoms with Gasteiger partial charge in [-0.3, -0.25) is 4.90 Å². The summed E-state index contributed by atoms with van der Waals surface area (Å²) in [5.41, 5.74) is 0. The number of hydrogen-bond acceptors (Lipinski definition) is 4. The summed E-state index contributed by atoms with van der Waals surface area (Å²) in [6.07, 6.45) is 1.01. The van der Waals surface area contributed by atoms with E-state index in [0.29, 0.717) is 6.54 Å². The van der Waals surface area contributed by atoms with Crippen molar-refractivity contribution in [1.82, 2.24) is 4.90 Å². The highest BCUT2D eigenvalue weighted by Gasteiger charge is 2.61. The minimum absolute atomic E-state index is 0.0164. The van der Waals surface area contributed by atoms with E-state index in [-0.39, 0.29) is 24.0 Å². The Morgan fingerprint density at radius 3 is 2.71 bits per heavy atom. The van der Waals surface area contributed by atoms with Gasteiger partial charge in [0.15, 0.2) is 0 Å². The first-order valence-corrected chi connectivity index (χ1v) is 5.86. The summed E-state index contributed by atoms with van der Waals surface area (Å²) in [6.45, 7) is 0.390. The lowest BCUT2D eigenvalue weighted by molar-refractivity contribution is -0.147. The van der Waals surface area contributed by atoms with Crippen LogP contribution in [0.15, 0.2) is 0 Å². The van der Waals surface area contributed by atoms with Crippen molar-refractivity contribution in [3.63, 3.8) is 0 Å². The van der Waals surface area contributed by atoms with Crippen LogP contribution in [0.2, 0.25) is 0 Å². The Labute approximate surface area is 98.5 Å². The molecular weight excluding hydrogens is 226 g/mol. The second kappa shape index (κ2) is 3.60. The molecule has 3 fully saturated rings. The summed E-state index contributed by atoms with van der Waals surface area (Å²) >= 11 is 0. The lowest BCUT2D eigenvalue weighted by Crippen LogP contribution is -2.45. The van der Waals surface area contributed by atoms with Crippen LogP contribution in [0.3, 0.4) is 0 Å². The van der Waals surface area contributed by atoms with Gasteiger partial charge in [-0.05, 0) is 12.8 Å². The molecule has 3 aliphatic heterocycles. The maximum Gasteiger partial charge on any atom is 0.408 e. The molecule has 5 atom stereocenters. The first kappa shape index (κ1) is 10.8. The maximum absolute atomic E-state index is 11.8. The zero-order valence-corrected chi connectivity index (χ0v) is 9.54. The SMILES string of the molecule is COC(=O)[C@@H]1[C@@H]2[C@H](CN1C(=O)O)[C@@H]1CC[C@H]2O1. The first-order valence-electron chi connectivity index (χ1n) is 5.86. The van der Waals surface area contributed by atoms with Gasteiger partial charge in [-0.1, -0.05) is 0 Å². The Morgan fingerprint density at radius 2 is 2.06 bits per heavy atom. The Balaban J connectivity index is 1.91. The Kier molecular flexibility index (Phi) is 2.29. The van der Waals surface area contributed by atoms with Crippen molar-refractivity contribution < 1.29 is 24.2 Å². The summed E-state index contributed by atoms with van der Waals surface area (Å²) in [6, 6.07) is -0.683. The molecule has 3 saturated heterocycles. The number of fused-ring (bicyclic) bond motifs is 5. The fourth-order valence-electron chi connectivity index (χ4n) is 3.64. The third-order valence-electron chi connectivity index (χ3n) is 4.28. The molecular formula is C11H15NO5. The van der Waals surface area contributed by atoms with E-state index in [2.05, 4.69) is 0 Å². The monoisotopic (exact) mass is 241 g/mol. The van der Waals surface area contributed by atoms with E-state index in [1.54, 1.807) is 0 Å². The molecule has 0 saturated carbocycles. The summed E-state index contributed by atoms with van der Waals surface area (Å²) in [7, 11) is 1.30. The number of amides is 1. The molecule has 0 aromatic rings. The van der Waals surface area contributed by atoms with E-state index < -0.39 is 18.1 Å². The topological polar surface area (TPSA) is 76.1 Å². The smallest absolute Gasteiger partial charge is 0.408 e. The van der Waals surface area contributed by atoms with Crippen molar-refractivity contribution in [3.8, 4) is 0 Å². The quantitative estimate of drug-likeness (QED) is 0.669. The molecule has 0 aromatic heterocycles. The second-order valence-corrected chi connectivity index (χ2v) is 4.93. The van der Waals surface area contributed by atoms with Crippen molar-refractivity contribution in [1.29, 1.82) is 0 Å². The molecule has 17 heavy (non-hydrogen) atoms. The van der Waals surface area contributed by atoms with Crippen molar-refractivity contribution >= 4 is 12.1 Å². The average Bonchev–Trinajstić information content (AvgIpc) is 2.97. The number of carbonyl (C=O) groups excluding carboxylic acids is 1. The first-order chi connectivity index (χ1) is 8.13. The van der Waals surface area contributed by atoms with Crippen LogP contribution in [-0.4, -0.2) is 54.0 Å². The van der Waals surface area contributed by atoms with Crippen LogP contribution in [0.25, 0.3) is 0 Å². The van der Waals surface area contributed by atoms with Crippen molar-refractivity contribution in [2.75, 3.05) is 13.7 Å². The molecule has 0 unspecified atom stereocenters. The van der Waals surface area contributed by atoms with Crippen molar-refractivity contribution in [3.05, 3.63) is 0 Å². The van der Waals surface area contributed by atoms with E-state index in [0.717, 1.165) is 12.8 Å². The summed E-state index contributed by atoms with van der Waals surface area (Å²) in [5.74, 6) is -0.317. The predicted molar refractivity (Wildman–Crippen MR) is 55.4 cm³/mol. The molecule has 2 bridgehead atoms. The molecule has 1 N–H and O–H groups in total. The number of hydrogen-bond donors (Lipinski definition) is 1. The summed E-state index contributed by atoms with van der Waals surface area (Å²) in [5, 5.41) is 9.15. The molecule has 3 rings (SSSR count). The highest BCUT2D eigenvalue weighted by Crippen LogP contribution is 2.50. The highest BCUT2D eigenvalue weighted by atomic mass is 16.5. The van der Waals surface area contributed by atoms with Gasteiger partial charge in [-0.25, -0.2) is 9.59 Å². The Bertz CT molecular complexity index is 371. The van der Waals surface area contributed by atoms with Crippen LogP contribution in [0.1, 0.15) is 12.8 Å². The number of carbonyl (C=O) groups is 2. The van der Waals surface area contributed by atoms with Crippen molar-refractivity contribution in [2.45, 2.75) is 31.1 Å². The minimum atomic E-state index is -1.05. The van der Waals surface area contributed by atoms with E-state index in [1.807, 2.05) is 0 Å². The molecule has 0 radical (unpaired) electrons. The predicted octanol–water partition coefficient (Wildman–Crippen LogP) is 0.315. The summed E-state index contributed by atoms with van der Waals surface area (Å²) < 4.78 is 10.5. The van der Waals surface area contributed by atoms with Gasteiger partial charge in [0.05, 0.1) is 19.3 Å². The number of carboxylic acid groups (broad SMARTS) is 1. The van der Waals surface area contributed by atoms with Crippen LogP contribution in [0.5, 0.6) is 0 Å². The zero-order chi connectivity index (χ0) is 12.2. The van der Waals surface area contributed by atoms with Gasteiger partial charge in [0.25, 0.3) is 0 Å². The van der Waals surface area contributed by atoms with Crippen molar-refractivity contribution in [2.24, 2.45) is 11.8 Å². The second-order valence-electron chi connectivity index (χ2n) is 4.93. The minimum Gasteiger partial charge on any atom is -0.467 e. The number of rotatable bonds is 1. The van der Waals surface area contributed by atoms with Crippen LogP contribution >= 0.6 is 0 Å². The van der Waals surface area contributed by atoms with Gasteiger partial charge in [-0.15, -0.1) is 0 Å². The molecule has 1 amide bonds. The lowest BCUT2D eigenvalue weighted by Gasteiger charge is -2.25. The highest BCUT2D eigenvalue weighted by molar-refractivity contribution is 5.82.